The molecule has 1 aliphatic heterocycles. The topological polar surface area (TPSA) is 116 Å². The van der Waals surface area contributed by atoms with E-state index in [1.807, 2.05) is 24.3 Å². The van der Waals surface area contributed by atoms with Gasteiger partial charge in [-0.15, -0.1) is 0 Å². The van der Waals surface area contributed by atoms with Crippen LogP contribution in [-0.2, 0) is 26.1 Å². The van der Waals surface area contributed by atoms with Gasteiger partial charge in [-0.3, -0.25) is 9.78 Å². The average molecular weight is 422 g/mol. The maximum Gasteiger partial charge on any atom is 0.356 e. The highest BCUT2D eigenvalue weighted by atomic mass is 16.5. The van der Waals surface area contributed by atoms with Gasteiger partial charge >= 0.3 is 5.97 Å². The molecule has 0 atom stereocenters. The van der Waals surface area contributed by atoms with Crippen LogP contribution in [0.5, 0.6) is 11.5 Å². The van der Waals surface area contributed by atoms with Crippen molar-refractivity contribution in [2.45, 2.75) is 26.1 Å². The van der Waals surface area contributed by atoms with Crippen LogP contribution in [0.15, 0.2) is 47.7 Å². The molecule has 3 aromatic rings. The fourth-order valence-electron chi connectivity index (χ4n) is 3.54. The van der Waals surface area contributed by atoms with E-state index in [2.05, 4.69) is 15.3 Å². The molecule has 0 fully saturated rings. The van der Waals surface area contributed by atoms with Gasteiger partial charge < -0.3 is 24.5 Å². The maximum atomic E-state index is 12.3. The molecule has 31 heavy (non-hydrogen) atoms. The van der Waals surface area contributed by atoms with Gasteiger partial charge in [0.2, 0.25) is 0 Å². The quantitative estimate of drug-likeness (QED) is 0.590. The molecule has 3 heterocycles. The number of ether oxygens (including phenoxy) is 2. The van der Waals surface area contributed by atoms with Gasteiger partial charge in [0.1, 0.15) is 18.1 Å². The first kappa shape index (κ1) is 20.5. The Bertz CT molecular complexity index is 1160. The van der Waals surface area contributed by atoms with Gasteiger partial charge in [-0.05, 0) is 53.9 Å². The summed E-state index contributed by atoms with van der Waals surface area (Å²) >= 11 is 0. The van der Waals surface area contributed by atoms with Crippen LogP contribution in [0.4, 0.5) is 0 Å². The van der Waals surface area contributed by atoms with E-state index in [4.69, 9.17) is 9.47 Å². The van der Waals surface area contributed by atoms with Crippen molar-refractivity contribution in [2.75, 3.05) is 13.7 Å². The molecule has 0 aliphatic carbocycles. The monoisotopic (exact) mass is 422 g/mol. The summed E-state index contributed by atoms with van der Waals surface area (Å²) < 4.78 is 12.5. The maximum absolute atomic E-state index is 12.3. The minimum Gasteiger partial charge on any atom is -0.495 e. The van der Waals surface area contributed by atoms with Crippen LogP contribution in [0, 0.1) is 0 Å². The number of hydrogen-bond acceptors (Lipinski definition) is 7. The van der Waals surface area contributed by atoms with Crippen LogP contribution >= 0.6 is 0 Å². The zero-order valence-corrected chi connectivity index (χ0v) is 17.0. The lowest BCUT2D eigenvalue weighted by molar-refractivity contribution is 0.0689. The van der Waals surface area contributed by atoms with Gasteiger partial charge in [0, 0.05) is 12.7 Å². The Kier molecular flexibility index (Phi) is 5.94. The molecule has 0 unspecified atom stereocenters. The predicted molar refractivity (Wildman–Crippen MR) is 112 cm³/mol. The molecule has 0 bridgehead atoms. The second kappa shape index (κ2) is 8.97. The standard InChI is InChI=1S/C22H22N4O5/c1-30-17-3-2-16(24-9-17)13-31-18-6-14-8-23-5-4-19(14)15(7-18)11-26-12-20(22(28)29)25-10-21(26)27/h2-3,6-7,9-10,12,23H,4-5,8,11,13H2,1H3,(H,28,29). The third-order valence-corrected chi connectivity index (χ3v) is 5.13. The first-order chi connectivity index (χ1) is 15.0. The zero-order valence-electron chi connectivity index (χ0n) is 17.0. The summed E-state index contributed by atoms with van der Waals surface area (Å²) in [6, 6.07) is 7.56. The van der Waals surface area contributed by atoms with Crippen molar-refractivity contribution >= 4 is 5.97 Å². The number of rotatable bonds is 7. The molecule has 0 amide bonds. The SMILES string of the molecule is COc1ccc(COc2cc3c(c(Cn4cc(C(=O)O)ncc4=O)c2)CCNC3)nc1. The van der Waals surface area contributed by atoms with Crippen molar-refractivity contribution in [1.29, 1.82) is 0 Å². The second-order valence-electron chi connectivity index (χ2n) is 7.17. The number of aromatic carboxylic acids is 1. The highest BCUT2D eigenvalue weighted by Crippen LogP contribution is 2.27. The van der Waals surface area contributed by atoms with E-state index >= 15 is 0 Å². The van der Waals surface area contributed by atoms with Crippen LogP contribution in [-0.4, -0.2) is 39.3 Å². The van der Waals surface area contributed by atoms with Crippen LogP contribution in [0.2, 0.25) is 0 Å². The van der Waals surface area contributed by atoms with Crippen molar-refractivity contribution in [3.05, 3.63) is 81.3 Å². The number of carboxylic acids is 1. The number of nitrogens with one attached hydrogen (secondary N) is 1. The number of carbonyl (C=O) groups is 1. The molecule has 0 spiro atoms. The van der Waals surface area contributed by atoms with Gasteiger partial charge in [-0.2, -0.15) is 0 Å². The van der Waals surface area contributed by atoms with E-state index in [1.165, 1.54) is 10.8 Å². The minimum absolute atomic E-state index is 0.173. The summed E-state index contributed by atoms with van der Waals surface area (Å²) in [6.07, 6.45) is 4.76. The van der Waals surface area contributed by atoms with E-state index in [-0.39, 0.29) is 24.4 Å². The Morgan fingerprint density at radius 2 is 2.10 bits per heavy atom. The molecule has 9 heteroatoms. The van der Waals surface area contributed by atoms with Crippen LogP contribution in [0.1, 0.15) is 32.9 Å². The second-order valence-corrected chi connectivity index (χ2v) is 7.17. The molecule has 0 radical (unpaired) electrons. The number of pyridine rings is 1. The lowest BCUT2D eigenvalue weighted by Gasteiger charge is -2.22. The summed E-state index contributed by atoms with van der Waals surface area (Å²) in [5, 5.41) is 12.5. The van der Waals surface area contributed by atoms with Crippen molar-refractivity contribution in [1.82, 2.24) is 19.9 Å². The van der Waals surface area contributed by atoms with Crippen molar-refractivity contribution < 1.29 is 19.4 Å². The number of benzene rings is 1. The molecule has 0 saturated heterocycles. The number of nitrogens with zero attached hydrogens (tertiary/aromatic N) is 3. The smallest absolute Gasteiger partial charge is 0.356 e. The summed E-state index contributed by atoms with van der Waals surface area (Å²) in [6.45, 7) is 2.06. The van der Waals surface area contributed by atoms with Crippen molar-refractivity contribution in [3.8, 4) is 11.5 Å². The minimum atomic E-state index is -1.18. The van der Waals surface area contributed by atoms with E-state index in [1.54, 1.807) is 13.3 Å². The highest BCUT2D eigenvalue weighted by molar-refractivity contribution is 5.84. The average Bonchev–Trinajstić information content (AvgIpc) is 2.79. The summed E-state index contributed by atoms with van der Waals surface area (Å²) in [7, 11) is 1.59. The Balaban J connectivity index is 1.62. The van der Waals surface area contributed by atoms with E-state index in [9.17, 15) is 14.7 Å². The number of hydrogen-bond donors (Lipinski definition) is 2. The molecule has 1 aliphatic rings. The van der Waals surface area contributed by atoms with Gasteiger partial charge in [-0.1, -0.05) is 0 Å². The molecule has 9 nitrogen and oxygen atoms in total. The van der Waals surface area contributed by atoms with Gasteiger partial charge in [-0.25, -0.2) is 9.78 Å². The first-order valence-electron chi connectivity index (χ1n) is 9.80. The third-order valence-electron chi connectivity index (χ3n) is 5.13. The van der Waals surface area contributed by atoms with Crippen LogP contribution < -0.4 is 20.3 Å². The summed E-state index contributed by atoms with van der Waals surface area (Å²) in [5.74, 6) is 0.161. The molecule has 0 saturated carbocycles. The number of fused-ring (bicyclic) bond motifs is 1. The fourth-order valence-corrected chi connectivity index (χ4v) is 3.54. The lowest BCUT2D eigenvalue weighted by atomic mass is 9.95. The summed E-state index contributed by atoms with van der Waals surface area (Å²) in [4.78, 5) is 31.5. The molecular formula is C22H22N4O5. The predicted octanol–water partition coefficient (Wildman–Crippen LogP) is 1.62. The van der Waals surface area contributed by atoms with Gasteiger partial charge in [0.05, 0.1) is 31.7 Å². The Morgan fingerprint density at radius 3 is 2.84 bits per heavy atom. The Morgan fingerprint density at radius 1 is 1.23 bits per heavy atom. The Hall–Kier alpha value is -3.72. The fraction of sp³-hybridized carbons (Fsp3) is 0.273. The van der Waals surface area contributed by atoms with Crippen molar-refractivity contribution in [3.63, 3.8) is 0 Å². The van der Waals surface area contributed by atoms with E-state index < -0.39 is 5.97 Å². The highest BCUT2D eigenvalue weighted by Gasteiger charge is 2.17. The number of aromatic nitrogens is 3. The summed E-state index contributed by atoms with van der Waals surface area (Å²) in [5.41, 5.74) is 3.39. The molecule has 1 aromatic carbocycles. The molecule has 160 valence electrons. The van der Waals surface area contributed by atoms with Gasteiger partial charge in [0.25, 0.3) is 5.56 Å². The number of carboxylic acid groups (broad SMARTS) is 1. The van der Waals surface area contributed by atoms with Crippen molar-refractivity contribution in [2.24, 2.45) is 0 Å². The van der Waals surface area contributed by atoms with E-state index in [0.29, 0.717) is 18.0 Å². The zero-order chi connectivity index (χ0) is 21.8. The normalized spacial score (nSPS) is 12.8. The molecule has 2 N–H and O–H groups in total. The van der Waals surface area contributed by atoms with Crippen LogP contribution in [0.25, 0.3) is 0 Å². The van der Waals surface area contributed by atoms with E-state index in [0.717, 1.165) is 41.5 Å². The lowest BCUT2D eigenvalue weighted by Crippen LogP contribution is -2.27. The molecular weight excluding hydrogens is 400 g/mol. The van der Waals surface area contributed by atoms with Crippen LogP contribution in [0.3, 0.4) is 0 Å². The molecule has 4 rings (SSSR count). The third kappa shape index (κ3) is 4.72. The van der Waals surface area contributed by atoms with Gasteiger partial charge in [0.15, 0.2) is 5.69 Å². The first-order valence-corrected chi connectivity index (χ1v) is 9.80. The largest absolute Gasteiger partial charge is 0.495 e. The molecule has 2 aromatic heterocycles. The Labute approximate surface area is 178 Å². The number of methoxy groups -OCH3 is 1.